The van der Waals surface area contributed by atoms with E-state index < -0.39 is 29.5 Å². The number of anilines is 1. The van der Waals surface area contributed by atoms with Gasteiger partial charge in [0.15, 0.2) is 5.78 Å². The van der Waals surface area contributed by atoms with Crippen molar-refractivity contribution in [3.8, 4) is 0 Å². The normalized spacial score (nSPS) is 33.2. The highest BCUT2D eigenvalue weighted by atomic mass is 16.7. The molecule has 0 spiro atoms. The number of fused-ring (bicyclic) bond motifs is 1. The van der Waals surface area contributed by atoms with Crippen molar-refractivity contribution in [1.82, 2.24) is 0 Å². The lowest BCUT2D eigenvalue weighted by Crippen LogP contribution is -2.63. The first-order valence-corrected chi connectivity index (χ1v) is 7.82. The van der Waals surface area contributed by atoms with Crippen molar-refractivity contribution in [2.45, 2.75) is 5.79 Å². The molecule has 1 saturated heterocycles. The van der Waals surface area contributed by atoms with Crippen LogP contribution in [0.2, 0.25) is 0 Å². The van der Waals surface area contributed by atoms with Crippen molar-refractivity contribution in [3.63, 3.8) is 0 Å². The average molecular weight is 327 g/mol. The quantitative estimate of drug-likeness (QED) is 0.473. The van der Waals surface area contributed by atoms with Crippen LogP contribution in [0.5, 0.6) is 0 Å². The Labute approximate surface area is 139 Å². The van der Waals surface area contributed by atoms with Gasteiger partial charge in [0.2, 0.25) is 17.6 Å². The molecule has 2 bridgehead atoms. The van der Waals surface area contributed by atoms with Gasteiger partial charge in [-0.05, 0) is 12.1 Å². The predicted octanol–water partition coefficient (Wildman–Crippen LogP) is 1.17. The molecular formula is C18H17NO5. The predicted molar refractivity (Wildman–Crippen MR) is 83.8 cm³/mol. The van der Waals surface area contributed by atoms with Gasteiger partial charge in [-0.1, -0.05) is 30.4 Å². The van der Waals surface area contributed by atoms with E-state index >= 15 is 0 Å². The molecule has 1 aliphatic heterocycles. The fourth-order valence-corrected chi connectivity index (χ4v) is 4.35. The van der Waals surface area contributed by atoms with Crippen molar-refractivity contribution in [1.29, 1.82) is 0 Å². The number of nitrogens with zero attached hydrogens (tertiary/aromatic N) is 1. The molecule has 5 rings (SSSR count). The van der Waals surface area contributed by atoms with Crippen LogP contribution in [0.25, 0.3) is 0 Å². The Hall–Kier alpha value is -2.31. The minimum atomic E-state index is -1.50. The topological polar surface area (TPSA) is 72.9 Å². The van der Waals surface area contributed by atoms with Crippen molar-refractivity contribution < 1.29 is 23.9 Å². The van der Waals surface area contributed by atoms with Crippen LogP contribution in [0.4, 0.5) is 5.69 Å². The van der Waals surface area contributed by atoms with E-state index in [2.05, 4.69) is 0 Å². The number of hydrogen-bond donors (Lipinski definition) is 0. The summed E-state index contributed by atoms with van der Waals surface area (Å²) >= 11 is 0. The first-order valence-electron chi connectivity index (χ1n) is 7.82. The summed E-state index contributed by atoms with van der Waals surface area (Å²) < 4.78 is 10.8. The number of rotatable bonds is 3. The van der Waals surface area contributed by atoms with E-state index in [1.54, 1.807) is 36.4 Å². The van der Waals surface area contributed by atoms with Crippen molar-refractivity contribution in [2.24, 2.45) is 23.7 Å². The van der Waals surface area contributed by atoms with Gasteiger partial charge in [-0.25, -0.2) is 0 Å². The van der Waals surface area contributed by atoms with Crippen LogP contribution < -0.4 is 4.90 Å². The summed E-state index contributed by atoms with van der Waals surface area (Å²) in [6, 6.07) is 8.78. The minimum absolute atomic E-state index is 0.294. The van der Waals surface area contributed by atoms with Crippen LogP contribution in [0.15, 0.2) is 42.5 Å². The smallest absolute Gasteiger partial charge is 0.238 e. The number of hydrogen-bond acceptors (Lipinski definition) is 5. The van der Waals surface area contributed by atoms with Crippen LogP contribution in [0.1, 0.15) is 0 Å². The Morgan fingerprint density at radius 1 is 0.917 bits per heavy atom. The van der Waals surface area contributed by atoms with Gasteiger partial charge >= 0.3 is 0 Å². The number of carbonyl (C=O) groups excluding carboxylic acids is 3. The van der Waals surface area contributed by atoms with Crippen LogP contribution in [-0.2, 0) is 23.9 Å². The fraction of sp³-hybridized carbons (Fsp3) is 0.389. The summed E-state index contributed by atoms with van der Waals surface area (Å²) in [4.78, 5) is 39.9. The lowest BCUT2D eigenvalue weighted by molar-refractivity contribution is -0.245. The highest BCUT2D eigenvalue weighted by molar-refractivity contribution is 6.24. The zero-order valence-electron chi connectivity index (χ0n) is 13.3. The molecule has 4 aliphatic rings. The summed E-state index contributed by atoms with van der Waals surface area (Å²) in [6.07, 6.45) is 3.49. The van der Waals surface area contributed by atoms with Gasteiger partial charge in [0, 0.05) is 14.2 Å². The molecule has 1 heterocycles. The first kappa shape index (κ1) is 15.2. The van der Waals surface area contributed by atoms with Crippen molar-refractivity contribution >= 4 is 23.3 Å². The largest absolute Gasteiger partial charge is 0.346 e. The number of carbonyl (C=O) groups is 3. The molecule has 1 saturated carbocycles. The Morgan fingerprint density at radius 2 is 1.54 bits per heavy atom. The van der Waals surface area contributed by atoms with Crippen molar-refractivity contribution in [2.75, 3.05) is 19.1 Å². The minimum Gasteiger partial charge on any atom is -0.346 e. The van der Waals surface area contributed by atoms with Crippen LogP contribution >= 0.6 is 0 Å². The van der Waals surface area contributed by atoms with Gasteiger partial charge in [0.25, 0.3) is 0 Å². The maximum absolute atomic E-state index is 13.0. The van der Waals surface area contributed by atoms with E-state index in [9.17, 15) is 14.4 Å². The molecule has 124 valence electrons. The summed E-state index contributed by atoms with van der Waals surface area (Å²) in [5.41, 5.74) is 0.522. The van der Waals surface area contributed by atoms with E-state index in [-0.39, 0.29) is 17.6 Å². The SMILES string of the molecule is COC1(OC)C(=O)[C@@H]2C=C[C@@H]1[C@H]1C(=O)N(c3ccccc3)C(=O)[C@@H]12. The molecule has 0 radical (unpaired) electrons. The molecule has 2 fully saturated rings. The molecule has 4 atom stereocenters. The van der Waals surface area contributed by atoms with Crippen molar-refractivity contribution in [3.05, 3.63) is 42.5 Å². The summed E-state index contributed by atoms with van der Waals surface area (Å²) in [5.74, 6) is -5.07. The summed E-state index contributed by atoms with van der Waals surface area (Å²) in [7, 11) is 2.78. The Kier molecular flexibility index (Phi) is 3.23. The number of Topliss-reactive ketones (excluding diaryl/α,β-unsaturated/α-hetero) is 1. The molecule has 6 heteroatoms. The number of ketones is 1. The molecule has 0 unspecified atom stereocenters. The Balaban J connectivity index is 1.82. The zero-order valence-corrected chi connectivity index (χ0v) is 13.3. The second-order valence-corrected chi connectivity index (χ2v) is 6.28. The molecule has 2 amide bonds. The standard InChI is InChI=1S/C18H17NO5/c1-23-18(24-2)12-9-8-11(15(18)20)13-14(12)17(22)19(16(13)21)10-6-4-3-5-7-10/h3-9,11-14H,1-2H3/t11-,12-,13-,14-/m1/s1. The third-order valence-electron chi connectivity index (χ3n) is 5.40. The Bertz CT molecular complexity index is 752. The monoisotopic (exact) mass is 327 g/mol. The second kappa shape index (κ2) is 5.09. The fourth-order valence-electron chi connectivity index (χ4n) is 4.35. The molecule has 1 aromatic carbocycles. The van der Waals surface area contributed by atoms with Gasteiger partial charge in [0.1, 0.15) is 0 Å². The number of methoxy groups -OCH3 is 2. The van der Waals surface area contributed by atoms with E-state index in [1.807, 2.05) is 6.07 Å². The molecule has 6 nitrogen and oxygen atoms in total. The van der Waals surface area contributed by atoms with E-state index in [4.69, 9.17) is 9.47 Å². The zero-order chi connectivity index (χ0) is 17.1. The summed E-state index contributed by atoms with van der Waals surface area (Å²) in [5, 5.41) is 0. The number of allylic oxidation sites excluding steroid dienone is 1. The first-order chi connectivity index (χ1) is 11.6. The molecule has 1 aromatic rings. The second-order valence-electron chi connectivity index (χ2n) is 6.28. The average Bonchev–Trinajstić information content (AvgIpc) is 2.89. The van der Waals surface area contributed by atoms with Crippen LogP contribution in [-0.4, -0.2) is 37.6 Å². The van der Waals surface area contributed by atoms with Gasteiger partial charge in [0.05, 0.1) is 29.4 Å². The van der Waals surface area contributed by atoms with E-state index in [0.29, 0.717) is 5.69 Å². The third kappa shape index (κ3) is 1.64. The van der Waals surface area contributed by atoms with Gasteiger partial charge < -0.3 is 9.47 Å². The number of imide groups is 1. The number of benzene rings is 1. The molecule has 0 N–H and O–H groups in total. The molecule has 24 heavy (non-hydrogen) atoms. The van der Waals surface area contributed by atoms with E-state index in [0.717, 1.165) is 0 Å². The molecule has 3 aliphatic carbocycles. The maximum atomic E-state index is 13.0. The summed E-state index contributed by atoms with van der Waals surface area (Å²) in [6.45, 7) is 0. The maximum Gasteiger partial charge on any atom is 0.238 e. The van der Waals surface area contributed by atoms with Gasteiger partial charge in [-0.3, -0.25) is 19.3 Å². The number of ether oxygens (including phenoxy) is 2. The van der Waals surface area contributed by atoms with Crippen LogP contribution in [0.3, 0.4) is 0 Å². The third-order valence-corrected chi connectivity index (χ3v) is 5.40. The van der Waals surface area contributed by atoms with Crippen LogP contribution in [0, 0.1) is 23.7 Å². The van der Waals surface area contributed by atoms with Gasteiger partial charge in [-0.2, -0.15) is 0 Å². The number of para-hydroxylation sites is 1. The molecular weight excluding hydrogens is 310 g/mol. The highest BCUT2D eigenvalue weighted by Crippen LogP contribution is 2.53. The molecule has 0 aromatic heterocycles. The van der Waals surface area contributed by atoms with E-state index in [1.165, 1.54) is 19.1 Å². The lowest BCUT2D eigenvalue weighted by atomic mass is 9.59. The van der Waals surface area contributed by atoms with Gasteiger partial charge in [-0.15, -0.1) is 0 Å². The number of amides is 2. The lowest BCUT2D eigenvalue weighted by Gasteiger charge is -2.48. The Morgan fingerprint density at radius 3 is 2.17 bits per heavy atom. The highest BCUT2D eigenvalue weighted by Gasteiger charge is 2.69.